The van der Waals surface area contributed by atoms with Crippen molar-refractivity contribution in [3.63, 3.8) is 0 Å². The van der Waals surface area contributed by atoms with Crippen LogP contribution in [-0.4, -0.2) is 40.0 Å². The van der Waals surface area contributed by atoms with Crippen molar-refractivity contribution >= 4 is 22.8 Å². The standard InChI is InChI=1S/C15H16N2O3/c18-14(17-7-1-2-12(9-17)15(19)20)11-3-4-13-10(8-11)5-6-16-13/h3-6,8,12,16H,1-2,7,9H2,(H,19,20)/t12-/m1/s1. The number of aromatic amines is 1. The van der Waals surface area contributed by atoms with Crippen LogP contribution in [0.3, 0.4) is 0 Å². The van der Waals surface area contributed by atoms with Gasteiger partial charge in [0.2, 0.25) is 0 Å². The first-order chi connectivity index (χ1) is 9.65. The highest BCUT2D eigenvalue weighted by molar-refractivity contribution is 5.98. The first kappa shape index (κ1) is 12.7. The molecule has 1 saturated heterocycles. The summed E-state index contributed by atoms with van der Waals surface area (Å²) >= 11 is 0. The van der Waals surface area contributed by atoms with Gasteiger partial charge in [-0.3, -0.25) is 9.59 Å². The zero-order valence-electron chi connectivity index (χ0n) is 11.0. The van der Waals surface area contributed by atoms with E-state index in [4.69, 9.17) is 5.11 Å². The molecule has 0 unspecified atom stereocenters. The van der Waals surface area contributed by atoms with E-state index in [0.717, 1.165) is 17.3 Å². The van der Waals surface area contributed by atoms with E-state index in [9.17, 15) is 9.59 Å². The van der Waals surface area contributed by atoms with Crippen LogP contribution in [0.15, 0.2) is 30.5 Å². The van der Waals surface area contributed by atoms with E-state index in [2.05, 4.69) is 4.98 Å². The largest absolute Gasteiger partial charge is 0.481 e. The molecule has 2 aromatic rings. The van der Waals surface area contributed by atoms with E-state index >= 15 is 0 Å². The fraction of sp³-hybridized carbons (Fsp3) is 0.333. The minimum atomic E-state index is -0.816. The molecule has 0 spiro atoms. The molecule has 2 N–H and O–H groups in total. The molecule has 0 saturated carbocycles. The van der Waals surface area contributed by atoms with Crippen LogP contribution < -0.4 is 0 Å². The summed E-state index contributed by atoms with van der Waals surface area (Å²) < 4.78 is 0. The van der Waals surface area contributed by atoms with E-state index in [-0.39, 0.29) is 5.91 Å². The van der Waals surface area contributed by atoms with Gasteiger partial charge in [0.1, 0.15) is 0 Å². The second-order valence-corrected chi connectivity index (χ2v) is 5.21. The van der Waals surface area contributed by atoms with E-state index in [1.54, 1.807) is 11.0 Å². The van der Waals surface area contributed by atoms with Gasteiger partial charge in [-0.2, -0.15) is 0 Å². The highest BCUT2D eigenvalue weighted by Crippen LogP contribution is 2.21. The lowest BCUT2D eigenvalue weighted by Crippen LogP contribution is -2.42. The van der Waals surface area contributed by atoms with Gasteiger partial charge in [0.25, 0.3) is 5.91 Å². The molecule has 104 valence electrons. The van der Waals surface area contributed by atoms with E-state index in [1.807, 2.05) is 24.4 Å². The third-order valence-corrected chi connectivity index (χ3v) is 3.86. The van der Waals surface area contributed by atoms with Crippen molar-refractivity contribution in [3.8, 4) is 0 Å². The number of hydrogen-bond donors (Lipinski definition) is 2. The number of benzene rings is 1. The number of aromatic nitrogens is 1. The van der Waals surface area contributed by atoms with Gasteiger partial charge < -0.3 is 15.0 Å². The first-order valence-corrected chi connectivity index (χ1v) is 6.74. The maximum absolute atomic E-state index is 12.5. The number of nitrogens with zero attached hydrogens (tertiary/aromatic N) is 1. The maximum atomic E-state index is 12.5. The van der Waals surface area contributed by atoms with Gasteiger partial charge in [-0.15, -0.1) is 0 Å². The summed E-state index contributed by atoms with van der Waals surface area (Å²) in [5, 5.41) is 10.1. The van der Waals surface area contributed by atoms with Crippen LogP contribution in [0.4, 0.5) is 0 Å². The number of nitrogens with one attached hydrogen (secondary N) is 1. The number of piperidine rings is 1. The Bertz CT molecular complexity index is 662. The number of aliphatic carboxylic acids is 1. The number of carbonyl (C=O) groups excluding carboxylic acids is 1. The molecule has 1 atom stereocenters. The summed E-state index contributed by atoms with van der Waals surface area (Å²) in [6.07, 6.45) is 3.23. The molecule has 0 aliphatic carbocycles. The molecule has 0 radical (unpaired) electrons. The van der Waals surface area contributed by atoms with Crippen molar-refractivity contribution in [2.45, 2.75) is 12.8 Å². The lowest BCUT2D eigenvalue weighted by atomic mass is 9.97. The Labute approximate surface area is 116 Å². The summed E-state index contributed by atoms with van der Waals surface area (Å²) in [4.78, 5) is 28.2. The number of H-pyrrole nitrogens is 1. The second-order valence-electron chi connectivity index (χ2n) is 5.21. The molecule has 1 aliphatic rings. The second kappa shape index (κ2) is 5.00. The highest BCUT2D eigenvalue weighted by atomic mass is 16.4. The van der Waals surface area contributed by atoms with Gasteiger partial charge in [0.15, 0.2) is 0 Å². The number of rotatable bonds is 2. The molecule has 1 amide bonds. The first-order valence-electron chi connectivity index (χ1n) is 6.74. The molecule has 5 heteroatoms. The highest BCUT2D eigenvalue weighted by Gasteiger charge is 2.28. The lowest BCUT2D eigenvalue weighted by molar-refractivity contribution is -0.143. The number of likely N-dealkylation sites (tertiary alicyclic amines) is 1. The average Bonchev–Trinajstić information content (AvgIpc) is 2.94. The van der Waals surface area contributed by atoms with Crippen LogP contribution in [0.1, 0.15) is 23.2 Å². The smallest absolute Gasteiger partial charge is 0.308 e. The zero-order valence-corrected chi connectivity index (χ0v) is 11.0. The molecular formula is C15H16N2O3. The van der Waals surface area contributed by atoms with Gasteiger partial charge in [-0.25, -0.2) is 0 Å². The number of hydrogen-bond acceptors (Lipinski definition) is 2. The molecule has 2 heterocycles. The van der Waals surface area contributed by atoms with Crippen LogP contribution in [0.2, 0.25) is 0 Å². The van der Waals surface area contributed by atoms with Crippen LogP contribution in [0.5, 0.6) is 0 Å². The molecule has 3 rings (SSSR count). The van der Waals surface area contributed by atoms with Crippen molar-refractivity contribution in [2.75, 3.05) is 13.1 Å². The number of carbonyl (C=O) groups is 2. The zero-order chi connectivity index (χ0) is 14.1. The molecule has 0 bridgehead atoms. The van der Waals surface area contributed by atoms with Crippen molar-refractivity contribution in [2.24, 2.45) is 5.92 Å². The minimum absolute atomic E-state index is 0.0842. The molecule has 1 aliphatic heterocycles. The Hall–Kier alpha value is -2.30. The Morgan fingerprint density at radius 1 is 1.30 bits per heavy atom. The van der Waals surface area contributed by atoms with Crippen molar-refractivity contribution in [3.05, 3.63) is 36.0 Å². The molecule has 1 fully saturated rings. The monoisotopic (exact) mass is 272 g/mol. The third-order valence-electron chi connectivity index (χ3n) is 3.86. The van der Waals surface area contributed by atoms with Gasteiger partial charge in [-0.1, -0.05) is 0 Å². The van der Waals surface area contributed by atoms with Gasteiger partial charge in [0, 0.05) is 35.8 Å². The normalized spacial score (nSPS) is 19.2. The van der Waals surface area contributed by atoms with Gasteiger partial charge in [-0.05, 0) is 37.1 Å². The van der Waals surface area contributed by atoms with Gasteiger partial charge >= 0.3 is 5.97 Å². The minimum Gasteiger partial charge on any atom is -0.481 e. The topological polar surface area (TPSA) is 73.4 Å². The SMILES string of the molecule is O=C(O)[C@@H]1CCCN(C(=O)c2ccc3[nH]ccc3c2)C1. The van der Waals surface area contributed by atoms with E-state index in [1.165, 1.54) is 0 Å². The van der Waals surface area contributed by atoms with Crippen LogP contribution in [0, 0.1) is 5.92 Å². The van der Waals surface area contributed by atoms with Crippen LogP contribution in [-0.2, 0) is 4.79 Å². The quantitative estimate of drug-likeness (QED) is 0.879. The Morgan fingerprint density at radius 2 is 2.15 bits per heavy atom. The van der Waals surface area contributed by atoms with E-state index in [0.29, 0.717) is 25.1 Å². The summed E-state index contributed by atoms with van der Waals surface area (Å²) in [5.41, 5.74) is 1.60. The molecule has 5 nitrogen and oxygen atoms in total. The van der Waals surface area contributed by atoms with Crippen molar-refractivity contribution in [1.29, 1.82) is 0 Å². The number of amides is 1. The van der Waals surface area contributed by atoms with E-state index < -0.39 is 11.9 Å². The Balaban J connectivity index is 1.82. The summed E-state index contributed by atoms with van der Waals surface area (Å²) in [6.45, 7) is 0.938. The summed E-state index contributed by atoms with van der Waals surface area (Å²) in [7, 11) is 0. The van der Waals surface area contributed by atoms with Crippen molar-refractivity contribution in [1.82, 2.24) is 9.88 Å². The Kier molecular flexibility index (Phi) is 3.18. The molecular weight excluding hydrogens is 256 g/mol. The number of fused-ring (bicyclic) bond motifs is 1. The van der Waals surface area contributed by atoms with Crippen LogP contribution in [0.25, 0.3) is 10.9 Å². The fourth-order valence-electron chi connectivity index (χ4n) is 2.73. The summed E-state index contributed by atoms with van der Waals surface area (Å²) in [5.74, 6) is -1.34. The number of carboxylic acid groups (broad SMARTS) is 1. The predicted octanol–water partition coefficient (Wildman–Crippen LogP) is 2.10. The fourth-order valence-corrected chi connectivity index (χ4v) is 2.73. The average molecular weight is 272 g/mol. The van der Waals surface area contributed by atoms with Gasteiger partial charge in [0.05, 0.1) is 5.92 Å². The number of carboxylic acids is 1. The lowest BCUT2D eigenvalue weighted by Gasteiger charge is -2.30. The van der Waals surface area contributed by atoms with Crippen molar-refractivity contribution < 1.29 is 14.7 Å². The van der Waals surface area contributed by atoms with Crippen LogP contribution >= 0.6 is 0 Å². The predicted molar refractivity (Wildman–Crippen MR) is 74.6 cm³/mol. The molecule has 1 aromatic heterocycles. The Morgan fingerprint density at radius 3 is 2.95 bits per heavy atom. The maximum Gasteiger partial charge on any atom is 0.308 e. The molecule has 20 heavy (non-hydrogen) atoms. The summed E-state index contributed by atoms with van der Waals surface area (Å²) in [6, 6.07) is 7.42. The third kappa shape index (κ3) is 2.27. The molecule has 1 aromatic carbocycles.